The summed E-state index contributed by atoms with van der Waals surface area (Å²) in [5, 5.41) is 1.13. The molecule has 3 aromatic rings. The van der Waals surface area contributed by atoms with Crippen LogP contribution < -0.4 is 11.3 Å². The molecule has 0 aliphatic heterocycles. The molecule has 0 saturated heterocycles. The van der Waals surface area contributed by atoms with Gasteiger partial charge in [-0.2, -0.15) is 0 Å². The first-order valence-corrected chi connectivity index (χ1v) is 7.08. The fraction of sp³-hybridized carbons (Fsp3) is 0.167. The molecule has 0 radical (unpaired) electrons. The molecule has 2 aromatic carbocycles. The molecular formula is C18H19N3. The van der Waals surface area contributed by atoms with Crippen LogP contribution in [0.25, 0.3) is 10.9 Å². The second kappa shape index (κ2) is 5.64. The number of benzene rings is 2. The van der Waals surface area contributed by atoms with Gasteiger partial charge < -0.3 is 0 Å². The number of pyridine rings is 1. The summed E-state index contributed by atoms with van der Waals surface area (Å²) in [5.41, 5.74) is 8.74. The van der Waals surface area contributed by atoms with Crippen molar-refractivity contribution >= 4 is 10.9 Å². The molecule has 3 heteroatoms. The van der Waals surface area contributed by atoms with E-state index in [1.54, 1.807) is 0 Å². The number of para-hydroxylation sites is 1. The third-order valence-electron chi connectivity index (χ3n) is 3.97. The topological polar surface area (TPSA) is 50.9 Å². The summed E-state index contributed by atoms with van der Waals surface area (Å²) >= 11 is 0. The monoisotopic (exact) mass is 277 g/mol. The van der Waals surface area contributed by atoms with E-state index < -0.39 is 0 Å². The molecule has 0 amide bonds. The lowest BCUT2D eigenvalue weighted by atomic mass is 9.90. The molecule has 0 bridgehead atoms. The van der Waals surface area contributed by atoms with Gasteiger partial charge in [0.05, 0.1) is 11.6 Å². The predicted octanol–water partition coefficient (Wildman–Crippen LogP) is 3.40. The van der Waals surface area contributed by atoms with E-state index >= 15 is 0 Å². The standard InChI is InChI=1S/C18H19N3/c1-12-6-3-7-13(2)16(12)18(21-19)15-10-4-8-14-9-5-11-20-17(14)15/h3-11,18,21H,19H2,1-2H3. The smallest absolute Gasteiger partial charge is 0.0753 e. The van der Waals surface area contributed by atoms with Gasteiger partial charge in [0.2, 0.25) is 0 Å². The Hall–Kier alpha value is -2.23. The molecule has 1 atom stereocenters. The van der Waals surface area contributed by atoms with E-state index in [9.17, 15) is 0 Å². The average molecular weight is 277 g/mol. The van der Waals surface area contributed by atoms with Crippen molar-refractivity contribution in [3.63, 3.8) is 0 Å². The maximum Gasteiger partial charge on any atom is 0.0753 e. The predicted molar refractivity (Wildman–Crippen MR) is 86.8 cm³/mol. The Morgan fingerprint density at radius 2 is 1.62 bits per heavy atom. The Morgan fingerprint density at radius 1 is 0.952 bits per heavy atom. The van der Waals surface area contributed by atoms with E-state index in [2.05, 4.69) is 66.7 Å². The number of hydrazine groups is 1. The first-order valence-electron chi connectivity index (χ1n) is 7.08. The highest BCUT2D eigenvalue weighted by Crippen LogP contribution is 2.30. The summed E-state index contributed by atoms with van der Waals surface area (Å²) in [6.45, 7) is 4.23. The minimum Gasteiger partial charge on any atom is -0.271 e. The molecule has 0 aliphatic carbocycles. The van der Waals surface area contributed by atoms with E-state index in [1.165, 1.54) is 16.7 Å². The van der Waals surface area contributed by atoms with Gasteiger partial charge in [0, 0.05) is 17.1 Å². The molecule has 0 spiro atoms. The summed E-state index contributed by atoms with van der Waals surface area (Å²) < 4.78 is 0. The minimum absolute atomic E-state index is 0.0650. The normalized spacial score (nSPS) is 12.5. The van der Waals surface area contributed by atoms with Crippen molar-refractivity contribution in [2.45, 2.75) is 19.9 Å². The number of fused-ring (bicyclic) bond motifs is 1. The fourth-order valence-corrected chi connectivity index (χ4v) is 2.97. The van der Waals surface area contributed by atoms with Crippen molar-refractivity contribution < 1.29 is 0 Å². The van der Waals surface area contributed by atoms with Gasteiger partial charge in [-0.05, 0) is 36.6 Å². The maximum absolute atomic E-state index is 5.89. The lowest BCUT2D eigenvalue weighted by molar-refractivity contribution is 0.633. The number of hydrogen-bond donors (Lipinski definition) is 2. The van der Waals surface area contributed by atoms with Crippen LogP contribution in [0.2, 0.25) is 0 Å². The summed E-state index contributed by atoms with van der Waals surface area (Å²) in [4.78, 5) is 4.54. The van der Waals surface area contributed by atoms with Crippen molar-refractivity contribution in [2.75, 3.05) is 0 Å². The molecule has 3 rings (SSSR count). The van der Waals surface area contributed by atoms with Crippen LogP contribution in [0.3, 0.4) is 0 Å². The highest BCUT2D eigenvalue weighted by molar-refractivity contribution is 5.82. The Kier molecular flexibility index (Phi) is 3.69. The number of hydrogen-bond acceptors (Lipinski definition) is 3. The van der Waals surface area contributed by atoms with Crippen LogP contribution >= 0.6 is 0 Å². The van der Waals surface area contributed by atoms with Gasteiger partial charge in [-0.1, -0.05) is 42.5 Å². The van der Waals surface area contributed by atoms with Gasteiger partial charge in [-0.25, -0.2) is 5.43 Å². The Bertz CT molecular complexity index is 755. The minimum atomic E-state index is -0.0650. The van der Waals surface area contributed by atoms with Crippen LogP contribution in [0.4, 0.5) is 0 Å². The quantitative estimate of drug-likeness (QED) is 0.570. The van der Waals surface area contributed by atoms with Crippen LogP contribution in [0.15, 0.2) is 54.7 Å². The fourth-order valence-electron chi connectivity index (χ4n) is 2.97. The first kappa shape index (κ1) is 13.7. The number of rotatable bonds is 3. The lowest BCUT2D eigenvalue weighted by Gasteiger charge is -2.22. The Labute approximate surface area is 124 Å². The largest absolute Gasteiger partial charge is 0.271 e. The Balaban J connectivity index is 2.24. The molecule has 0 saturated carbocycles. The van der Waals surface area contributed by atoms with Crippen molar-refractivity contribution in [3.05, 3.63) is 77.0 Å². The summed E-state index contributed by atoms with van der Waals surface area (Å²) in [7, 11) is 0. The maximum atomic E-state index is 5.89. The molecule has 1 heterocycles. The number of nitrogens with one attached hydrogen (secondary N) is 1. The average Bonchev–Trinajstić information content (AvgIpc) is 2.51. The van der Waals surface area contributed by atoms with Gasteiger partial charge in [-0.3, -0.25) is 10.8 Å². The molecular weight excluding hydrogens is 258 g/mol. The zero-order chi connectivity index (χ0) is 14.8. The van der Waals surface area contributed by atoms with Gasteiger partial charge in [0.25, 0.3) is 0 Å². The molecule has 21 heavy (non-hydrogen) atoms. The van der Waals surface area contributed by atoms with Crippen molar-refractivity contribution in [3.8, 4) is 0 Å². The number of aromatic nitrogens is 1. The summed E-state index contributed by atoms with van der Waals surface area (Å²) in [5.74, 6) is 5.89. The molecule has 106 valence electrons. The van der Waals surface area contributed by atoms with Gasteiger partial charge in [0.1, 0.15) is 0 Å². The number of nitrogens with zero attached hydrogens (tertiary/aromatic N) is 1. The zero-order valence-corrected chi connectivity index (χ0v) is 12.3. The molecule has 0 aliphatic rings. The lowest BCUT2D eigenvalue weighted by Crippen LogP contribution is -2.30. The summed E-state index contributed by atoms with van der Waals surface area (Å²) in [6, 6.07) is 16.5. The SMILES string of the molecule is Cc1cccc(C)c1C(NN)c1cccc2cccnc12. The molecule has 1 aromatic heterocycles. The van der Waals surface area contributed by atoms with Crippen molar-refractivity contribution in [1.82, 2.24) is 10.4 Å². The van der Waals surface area contributed by atoms with Gasteiger partial charge in [0.15, 0.2) is 0 Å². The number of aryl methyl sites for hydroxylation is 2. The Morgan fingerprint density at radius 3 is 2.33 bits per heavy atom. The first-order chi connectivity index (χ1) is 10.2. The van der Waals surface area contributed by atoms with Crippen LogP contribution in [-0.2, 0) is 0 Å². The molecule has 3 nitrogen and oxygen atoms in total. The van der Waals surface area contributed by atoms with E-state index in [0.717, 1.165) is 16.5 Å². The highest BCUT2D eigenvalue weighted by Gasteiger charge is 2.19. The third kappa shape index (κ3) is 2.42. The van der Waals surface area contributed by atoms with E-state index in [4.69, 9.17) is 5.84 Å². The number of nitrogens with two attached hydrogens (primary N) is 1. The van der Waals surface area contributed by atoms with E-state index in [0.29, 0.717) is 0 Å². The zero-order valence-electron chi connectivity index (χ0n) is 12.3. The van der Waals surface area contributed by atoms with Crippen molar-refractivity contribution in [2.24, 2.45) is 5.84 Å². The highest BCUT2D eigenvalue weighted by atomic mass is 15.2. The summed E-state index contributed by atoms with van der Waals surface area (Å²) in [6.07, 6.45) is 1.82. The van der Waals surface area contributed by atoms with Crippen LogP contribution in [0, 0.1) is 13.8 Å². The molecule has 0 fully saturated rings. The van der Waals surface area contributed by atoms with Crippen LogP contribution in [-0.4, -0.2) is 4.98 Å². The van der Waals surface area contributed by atoms with Crippen LogP contribution in [0.1, 0.15) is 28.3 Å². The third-order valence-corrected chi connectivity index (χ3v) is 3.97. The van der Waals surface area contributed by atoms with Crippen molar-refractivity contribution in [1.29, 1.82) is 0 Å². The second-order valence-electron chi connectivity index (χ2n) is 5.33. The molecule has 3 N–H and O–H groups in total. The molecule has 1 unspecified atom stereocenters. The van der Waals surface area contributed by atoms with Crippen LogP contribution in [0.5, 0.6) is 0 Å². The van der Waals surface area contributed by atoms with E-state index in [1.807, 2.05) is 12.3 Å². The van der Waals surface area contributed by atoms with Gasteiger partial charge in [-0.15, -0.1) is 0 Å². The van der Waals surface area contributed by atoms with E-state index in [-0.39, 0.29) is 6.04 Å². The second-order valence-corrected chi connectivity index (χ2v) is 5.33. The van der Waals surface area contributed by atoms with Gasteiger partial charge >= 0.3 is 0 Å².